The molecule has 1 aromatic carbocycles. The van der Waals surface area contributed by atoms with Gasteiger partial charge in [0.15, 0.2) is 0 Å². The lowest BCUT2D eigenvalue weighted by Crippen LogP contribution is -2.21. The number of aromatic carboxylic acids is 1. The molecule has 1 aliphatic heterocycles. The van der Waals surface area contributed by atoms with E-state index in [1.165, 1.54) is 18.2 Å². The number of benzene rings is 1. The minimum atomic E-state index is -3.45. The normalized spacial score (nSPS) is 19.9. The molecule has 0 radical (unpaired) electrons. The fourth-order valence-corrected chi connectivity index (χ4v) is 3.62. The molecular formula is C13H13NO4S. The summed E-state index contributed by atoms with van der Waals surface area (Å²) in [4.78, 5) is 11.4. The van der Waals surface area contributed by atoms with E-state index in [1.54, 1.807) is 6.08 Å². The number of sulfone groups is 1. The molecule has 3 rings (SSSR count). The van der Waals surface area contributed by atoms with Crippen LogP contribution in [-0.4, -0.2) is 32.1 Å². The number of hydrogen-bond acceptors (Lipinski definition) is 4. The van der Waals surface area contributed by atoms with Crippen LogP contribution < -0.4 is 5.32 Å². The number of rotatable bonds is 4. The van der Waals surface area contributed by atoms with Crippen molar-refractivity contribution in [1.29, 1.82) is 0 Å². The molecule has 0 spiro atoms. The second-order valence-electron chi connectivity index (χ2n) is 4.83. The van der Waals surface area contributed by atoms with Crippen LogP contribution in [0, 0.1) is 0 Å². The van der Waals surface area contributed by atoms with Crippen LogP contribution in [0.25, 0.3) is 6.08 Å². The molecular weight excluding hydrogens is 266 g/mol. The van der Waals surface area contributed by atoms with Crippen molar-refractivity contribution >= 4 is 21.9 Å². The first kappa shape index (κ1) is 12.4. The van der Waals surface area contributed by atoms with E-state index in [4.69, 9.17) is 5.11 Å². The highest BCUT2D eigenvalue weighted by Gasteiger charge is 2.31. The predicted molar refractivity (Wildman–Crippen MR) is 69.6 cm³/mol. The maximum atomic E-state index is 12.2. The third-order valence-corrected chi connectivity index (χ3v) is 5.25. The van der Waals surface area contributed by atoms with Crippen LogP contribution in [0.15, 0.2) is 28.0 Å². The van der Waals surface area contributed by atoms with Gasteiger partial charge < -0.3 is 10.4 Å². The Balaban J connectivity index is 1.95. The van der Waals surface area contributed by atoms with Crippen molar-refractivity contribution in [2.24, 2.45) is 0 Å². The standard InChI is InChI=1S/C13H13NO4S/c15-13(16)8-1-4-12-9(5-8)6-11(19(12,17)18)7-14-10-2-3-10/h1,4-6,10,14H,2-3,7H2,(H,15,16). The van der Waals surface area contributed by atoms with Gasteiger partial charge in [0.05, 0.1) is 15.4 Å². The van der Waals surface area contributed by atoms with Crippen molar-refractivity contribution in [3.8, 4) is 0 Å². The first-order chi connectivity index (χ1) is 8.98. The Morgan fingerprint density at radius 3 is 2.74 bits per heavy atom. The quantitative estimate of drug-likeness (QED) is 0.867. The highest BCUT2D eigenvalue weighted by atomic mass is 32.2. The highest BCUT2D eigenvalue weighted by Crippen LogP contribution is 2.33. The summed E-state index contributed by atoms with van der Waals surface area (Å²) in [5.74, 6) is -1.06. The van der Waals surface area contributed by atoms with E-state index in [0.29, 0.717) is 23.1 Å². The third kappa shape index (κ3) is 2.17. The lowest BCUT2D eigenvalue weighted by Gasteiger charge is -2.05. The first-order valence-electron chi connectivity index (χ1n) is 6.05. The van der Waals surface area contributed by atoms with Gasteiger partial charge in [0.25, 0.3) is 0 Å². The van der Waals surface area contributed by atoms with E-state index in [-0.39, 0.29) is 10.5 Å². The molecule has 19 heavy (non-hydrogen) atoms. The predicted octanol–water partition coefficient (Wildman–Crippen LogP) is 1.27. The van der Waals surface area contributed by atoms with Crippen molar-refractivity contribution in [3.05, 3.63) is 34.2 Å². The van der Waals surface area contributed by atoms with E-state index in [0.717, 1.165) is 12.8 Å². The zero-order valence-corrected chi connectivity index (χ0v) is 10.9. The molecule has 0 amide bonds. The SMILES string of the molecule is O=C(O)c1ccc2c(c1)C=C(CNC1CC1)S2(=O)=O. The summed E-state index contributed by atoms with van der Waals surface area (Å²) in [7, 11) is -3.45. The van der Waals surface area contributed by atoms with Crippen LogP contribution in [0.1, 0.15) is 28.8 Å². The highest BCUT2D eigenvalue weighted by molar-refractivity contribution is 7.95. The molecule has 2 N–H and O–H groups in total. The molecule has 0 aromatic heterocycles. The number of fused-ring (bicyclic) bond motifs is 1. The molecule has 2 aliphatic rings. The molecule has 0 bridgehead atoms. The van der Waals surface area contributed by atoms with Gasteiger partial charge in [-0.15, -0.1) is 0 Å². The number of carbonyl (C=O) groups is 1. The Kier molecular flexibility index (Phi) is 2.72. The number of hydrogen-bond donors (Lipinski definition) is 2. The lowest BCUT2D eigenvalue weighted by molar-refractivity contribution is 0.0696. The van der Waals surface area contributed by atoms with Gasteiger partial charge in [0.2, 0.25) is 9.84 Å². The number of carboxylic acid groups (broad SMARTS) is 1. The second-order valence-corrected chi connectivity index (χ2v) is 6.80. The Morgan fingerprint density at radius 1 is 1.37 bits per heavy atom. The largest absolute Gasteiger partial charge is 0.478 e. The summed E-state index contributed by atoms with van der Waals surface area (Å²) in [6.45, 7) is 0.310. The summed E-state index contributed by atoms with van der Waals surface area (Å²) >= 11 is 0. The molecule has 6 heteroatoms. The second kappa shape index (κ2) is 4.18. The summed E-state index contributed by atoms with van der Waals surface area (Å²) in [6, 6.07) is 4.52. The number of nitrogens with one attached hydrogen (secondary N) is 1. The van der Waals surface area contributed by atoms with E-state index < -0.39 is 15.8 Å². The molecule has 1 fully saturated rings. The molecule has 1 aromatic rings. The van der Waals surface area contributed by atoms with Gasteiger partial charge in [-0.3, -0.25) is 0 Å². The van der Waals surface area contributed by atoms with Crippen LogP contribution in [-0.2, 0) is 9.84 Å². The summed E-state index contributed by atoms with van der Waals surface area (Å²) < 4.78 is 24.5. The Bertz CT molecular complexity index is 687. The first-order valence-corrected chi connectivity index (χ1v) is 7.53. The van der Waals surface area contributed by atoms with Crippen LogP contribution in [0.4, 0.5) is 0 Å². The molecule has 5 nitrogen and oxygen atoms in total. The summed E-state index contributed by atoms with van der Waals surface area (Å²) in [5, 5.41) is 12.1. The molecule has 0 unspecified atom stereocenters. The van der Waals surface area contributed by atoms with Crippen molar-refractivity contribution in [2.75, 3.05) is 6.54 Å². The molecule has 0 atom stereocenters. The van der Waals surface area contributed by atoms with E-state index in [1.807, 2.05) is 0 Å². The lowest BCUT2D eigenvalue weighted by atomic mass is 10.1. The number of carboxylic acids is 1. The molecule has 1 heterocycles. The molecule has 1 aliphatic carbocycles. The maximum Gasteiger partial charge on any atom is 0.335 e. The monoisotopic (exact) mass is 279 g/mol. The van der Waals surface area contributed by atoms with Crippen molar-refractivity contribution < 1.29 is 18.3 Å². The van der Waals surface area contributed by atoms with Crippen LogP contribution >= 0.6 is 0 Å². The Labute approximate surface area is 110 Å². The minimum absolute atomic E-state index is 0.0987. The fraction of sp³-hybridized carbons (Fsp3) is 0.308. The van der Waals surface area contributed by atoms with Crippen molar-refractivity contribution in [3.63, 3.8) is 0 Å². The van der Waals surface area contributed by atoms with Gasteiger partial charge in [0.1, 0.15) is 0 Å². The Hall–Kier alpha value is -1.66. The van der Waals surface area contributed by atoms with Crippen molar-refractivity contribution in [2.45, 2.75) is 23.8 Å². The maximum absolute atomic E-state index is 12.2. The van der Waals surface area contributed by atoms with Gasteiger partial charge in [0, 0.05) is 12.6 Å². The Morgan fingerprint density at radius 2 is 2.11 bits per heavy atom. The molecule has 100 valence electrons. The van der Waals surface area contributed by atoms with Gasteiger partial charge in [-0.2, -0.15) is 0 Å². The van der Waals surface area contributed by atoms with Gasteiger partial charge in [-0.25, -0.2) is 13.2 Å². The zero-order chi connectivity index (χ0) is 13.6. The summed E-state index contributed by atoms with van der Waals surface area (Å²) in [6.07, 6.45) is 3.74. The average Bonchev–Trinajstić information content (AvgIpc) is 3.13. The van der Waals surface area contributed by atoms with Crippen LogP contribution in [0.3, 0.4) is 0 Å². The molecule has 1 saturated carbocycles. The fourth-order valence-electron chi connectivity index (χ4n) is 2.11. The van der Waals surface area contributed by atoms with Crippen molar-refractivity contribution in [1.82, 2.24) is 5.32 Å². The van der Waals surface area contributed by atoms with Gasteiger partial charge in [-0.05, 0) is 42.7 Å². The average molecular weight is 279 g/mol. The zero-order valence-electron chi connectivity index (χ0n) is 10.1. The van der Waals surface area contributed by atoms with Gasteiger partial charge in [-0.1, -0.05) is 0 Å². The van der Waals surface area contributed by atoms with E-state index >= 15 is 0 Å². The molecule has 0 saturated heterocycles. The van der Waals surface area contributed by atoms with Crippen LogP contribution in [0.5, 0.6) is 0 Å². The minimum Gasteiger partial charge on any atom is -0.478 e. The summed E-state index contributed by atoms with van der Waals surface area (Å²) in [5.41, 5.74) is 0.564. The third-order valence-electron chi connectivity index (χ3n) is 3.35. The van der Waals surface area contributed by atoms with E-state index in [2.05, 4.69) is 5.32 Å². The van der Waals surface area contributed by atoms with Gasteiger partial charge >= 0.3 is 5.97 Å². The van der Waals surface area contributed by atoms with E-state index in [9.17, 15) is 13.2 Å². The topological polar surface area (TPSA) is 83.5 Å². The smallest absolute Gasteiger partial charge is 0.335 e. The van der Waals surface area contributed by atoms with Crippen LogP contribution in [0.2, 0.25) is 0 Å².